The first kappa shape index (κ1) is 27.8. The Morgan fingerprint density at radius 2 is 1.04 bits per heavy atom. The van der Waals surface area contributed by atoms with Crippen molar-refractivity contribution in [1.82, 2.24) is 9.97 Å². The van der Waals surface area contributed by atoms with E-state index in [0.717, 1.165) is 72.3 Å². The molecule has 9 rings (SSSR count). The summed E-state index contributed by atoms with van der Waals surface area (Å²) in [6.45, 7) is 0. The summed E-state index contributed by atoms with van der Waals surface area (Å²) >= 11 is 0. The Labute approximate surface area is 278 Å². The molecule has 0 aliphatic carbocycles. The second-order valence-electron chi connectivity index (χ2n) is 11.8. The van der Waals surface area contributed by atoms with E-state index in [1.807, 2.05) is 6.07 Å². The van der Waals surface area contributed by atoms with Gasteiger partial charge in [-0.1, -0.05) is 121 Å². The van der Waals surface area contributed by atoms with Crippen LogP contribution in [0.2, 0.25) is 0 Å². The summed E-state index contributed by atoms with van der Waals surface area (Å²) in [6, 6.07) is 57.7. The number of rotatable bonds is 6. The molecule has 2 aromatic heterocycles. The minimum absolute atomic E-state index is 0.741. The molecule has 0 amide bonds. The molecular weight excluding hydrogens is 587 g/mol. The Morgan fingerprint density at radius 3 is 1.81 bits per heavy atom. The van der Waals surface area contributed by atoms with Crippen molar-refractivity contribution in [3.8, 4) is 33.4 Å². The molecule has 4 heteroatoms. The zero-order chi connectivity index (χ0) is 31.9. The van der Waals surface area contributed by atoms with Crippen molar-refractivity contribution in [2.24, 2.45) is 0 Å². The van der Waals surface area contributed by atoms with Gasteiger partial charge in [0.25, 0.3) is 0 Å². The molecule has 0 radical (unpaired) electrons. The van der Waals surface area contributed by atoms with Gasteiger partial charge in [-0.3, -0.25) is 4.98 Å². The van der Waals surface area contributed by atoms with Crippen LogP contribution in [0.3, 0.4) is 0 Å². The second-order valence-corrected chi connectivity index (χ2v) is 11.8. The molecule has 7 aromatic carbocycles. The fourth-order valence-electron chi connectivity index (χ4n) is 6.73. The van der Waals surface area contributed by atoms with Gasteiger partial charge in [-0.15, -0.1) is 0 Å². The molecule has 9 aromatic rings. The fraction of sp³-hybridized carbons (Fsp3) is 0. The van der Waals surface area contributed by atoms with E-state index in [2.05, 4.69) is 173 Å². The number of aromatic nitrogens is 2. The summed E-state index contributed by atoms with van der Waals surface area (Å²) in [4.78, 5) is 11.5. The van der Waals surface area contributed by atoms with E-state index in [1.54, 1.807) is 12.4 Å². The molecular formula is C44H29N3O. The summed E-state index contributed by atoms with van der Waals surface area (Å²) in [5.74, 6) is 0. The molecule has 4 nitrogen and oxygen atoms in total. The van der Waals surface area contributed by atoms with Crippen LogP contribution in [0.25, 0.3) is 66.4 Å². The van der Waals surface area contributed by atoms with Gasteiger partial charge < -0.3 is 9.32 Å². The predicted molar refractivity (Wildman–Crippen MR) is 198 cm³/mol. The van der Waals surface area contributed by atoms with Gasteiger partial charge in [0.1, 0.15) is 5.52 Å². The van der Waals surface area contributed by atoms with Crippen molar-refractivity contribution in [1.29, 1.82) is 0 Å². The number of hydrogen-bond donors (Lipinski definition) is 0. The number of para-hydroxylation sites is 1. The van der Waals surface area contributed by atoms with Crippen LogP contribution in [0.15, 0.2) is 181 Å². The maximum atomic E-state index is 6.80. The third kappa shape index (κ3) is 4.79. The molecule has 0 aliphatic heterocycles. The van der Waals surface area contributed by atoms with Crippen molar-refractivity contribution in [3.05, 3.63) is 176 Å². The largest absolute Gasteiger partial charge is 0.451 e. The molecule has 48 heavy (non-hydrogen) atoms. The highest BCUT2D eigenvalue weighted by Gasteiger charge is 2.22. The van der Waals surface area contributed by atoms with Gasteiger partial charge in [0, 0.05) is 34.5 Å². The topological polar surface area (TPSA) is 42.2 Å². The number of anilines is 3. The fourth-order valence-corrected chi connectivity index (χ4v) is 6.73. The second kappa shape index (κ2) is 11.7. The van der Waals surface area contributed by atoms with Crippen molar-refractivity contribution >= 4 is 50.0 Å². The molecule has 0 saturated heterocycles. The van der Waals surface area contributed by atoms with E-state index >= 15 is 0 Å². The summed E-state index contributed by atoms with van der Waals surface area (Å²) < 4.78 is 6.80. The van der Waals surface area contributed by atoms with Gasteiger partial charge in [0.05, 0.1) is 11.2 Å². The molecule has 0 spiro atoms. The van der Waals surface area contributed by atoms with Crippen molar-refractivity contribution < 1.29 is 4.42 Å². The molecule has 2 heterocycles. The van der Waals surface area contributed by atoms with Crippen LogP contribution in [-0.4, -0.2) is 9.97 Å². The monoisotopic (exact) mass is 615 g/mol. The number of furan rings is 1. The molecule has 0 fully saturated rings. The SMILES string of the molecule is c1ccc(-c2cccc(N(c3ccc(-c4ccccc4)c(-c4ccccc4)c3)c3cccc4c3oc3c4ccc4nccnc43)c2)cc1. The minimum atomic E-state index is 0.741. The first-order chi connectivity index (χ1) is 23.8. The molecule has 0 atom stereocenters. The number of benzene rings is 7. The lowest BCUT2D eigenvalue weighted by Crippen LogP contribution is -2.10. The molecule has 0 aliphatic rings. The standard InChI is InChI=1S/C44H29N3O/c1-4-12-30(13-5-1)33-18-10-19-34(28-33)47(35-22-23-36(31-14-6-2-7-15-31)39(29-35)32-16-8-3-9-17-32)41-21-11-20-37-38-24-25-40-42(46-27-26-45-40)44(38)48-43(37)41/h1-29H. The van der Waals surface area contributed by atoms with E-state index in [1.165, 1.54) is 11.1 Å². The Bertz CT molecular complexity index is 2560. The van der Waals surface area contributed by atoms with E-state index < -0.39 is 0 Å². The summed E-state index contributed by atoms with van der Waals surface area (Å²) in [5, 5.41) is 2.05. The number of hydrogen-bond acceptors (Lipinski definition) is 4. The Morgan fingerprint density at radius 1 is 0.417 bits per heavy atom. The molecule has 226 valence electrons. The first-order valence-corrected chi connectivity index (χ1v) is 16.1. The summed E-state index contributed by atoms with van der Waals surface area (Å²) in [6.07, 6.45) is 3.43. The van der Waals surface area contributed by atoms with E-state index in [0.29, 0.717) is 0 Å². The quantitative estimate of drug-likeness (QED) is 0.187. The van der Waals surface area contributed by atoms with Crippen LogP contribution in [0.5, 0.6) is 0 Å². The van der Waals surface area contributed by atoms with E-state index in [9.17, 15) is 0 Å². The van der Waals surface area contributed by atoms with Crippen LogP contribution in [-0.2, 0) is 0 Å². The van der Waals surface area contributed by atoms with Crippen LogP contribution in [0, 0.1) is 0 Å². The van der Waals surface area contributed by atoms with Gasteiger partial charge in [0.2, 0.25) is 0 Å². The van der Waals surface area contributed by atoms with Gasteiger partial charge >= 0.3 is 0 Å². The maximum absolute atomic E-state index is 6.80. The Balaban J connectivity index is 1.32. The van der Waals surface area contributed by atoms with Crippen molar-refractivity contribution in [3.63, 3.8) is 0 Å². The highest BCUT2D eigenvalue weighted by molar-refractivity contribution is 6.16. The van der Waals surface area contributed by atoms with E-state index in [4.69, 9.17) is 4.42 Å². The molecule has 0 saturated carbocycles. The van der Waals surface area contributed by atoms with Gasteiger partial charge in [-0.25, -0.2) is 4.98 Å². The smallest absolute Gasteiger partial charge is 0.163 e. The third-order valence-electron chi connectivity index (χ3n) is 8.97. The third-order valence-corrected chi connectivity index (χ3v) is 8.97. The highest BCUT2D eigenvalue weighted by Crippen LogP contribution is 2.45. The Hall–Kier alpha value is -6.52. The van der Waals surface area contributed by atoms with E-state index in [-0.39, 0.29) is 0 Å². The minimum Gasteiger partial charge on any atom is -0.451 e. The summed E-state index contributed by atoms with van der Waals surface area (Å²) in [7, 11) is 0. The highest BCUT2D eigenvalue weighted by atomic mass is 16.3. The normalized spacial score (nSPS) is 11.3. The van der Waals surface area contributed by atoms with Gasteiger partial charge in [-0.05, 0) is 75.8 Å². The molecule has 0 N–H and O–H groups in total. The lowest BCUT2D eigenvalue weighted by atomic mass is 9.93. The zero-order valence-corrected chi connectivity index (χ0v) is 26.0. The maximum Gasteiger partial charge on any atom is 0.163 e. The lowest BCUT2D eigenvalue weighted by molar-refractivity contribution is 0.671. The van der Waals surface area contributed by atoms with Gasteiger partial charge in [0.15, 0.2) is 11.2 Å². The lowest BCUT2D eigenvalue weighted by Gasteiger charge is -2.27. The molecule has 0 unspecified atom stereocenters. The number of fused-ring (bicyclic) bond motifs is 5. The van der Waals surface area contributed by atoms with Crippen LogP contribution in [0.1, 0.15) is 0 Å². The zero-order valence-electron chi connectivity index (χ0n) is 26.0. The first-order valence-electron chi connectivity index (χ1n) is 16.1. The summed E-state index contributed by atoms with van der Waals surface area (Å²) in [5.41, 5.74) is 13.1. The van der Waals surface area contributed by atoms with Gasteiger partial charge in [-0.2, -0.15) is 0 Å². The molecule has 0 bridgehead atoms. The van der Waals surface area contributed by atoms with Crippen LogP contribution < -0.4 is 4.90 Å². The average molecular weight is 616 g/mol. The number of nitrogens with zero attached hydrogens (tertiary/aromatic N) is 3. The predicted octanol–water partition coefficient (Wildman–Crippen LogP) is 12.0. The Kier molecular flexibility index (Phi) is 6.76. The van der Waals surface area contributed by atoms with Crippen LogP contribution >= 0.6 is 0 Å². The van der Waals surface area contributed by atoms with Crippen molar-refractivity contribution in [2.45, 2.75) is 0 Å². The van der Waals surface area contributed by atoms with Crippen LogP contribution in [0.4, 0.5) is 17.1 Å². The average Bonchev–Trinajstić information content (AvgIpc) is 3.56. The van der Waals surface area contributed by atoms with Crippen molar-refractivity contribution in [2.75, 3.05) is 4.90 Å².